The van der Waals surface area contributed by atoms with Crippen LogP contribution in [0.3, 0.4) is 0 Å². The molecule has 1 heterocycles. The van der Waals surface area contributed by atoms with E-state index in [-0.39, 0.29) is 5.41 Å². The van der Waals surface area contributed by atoms with Gasteiger partial charge in [-0.15, -0.1) is 0 Å². The first-order valence-electron chi connectivity index (χ1n) is 15.8. The van der Waals surface area contributed by atoms with Gasteiger partial charge in [-0.3, -0.25) is 0 Å². The van der Waals surface area contributed by atoms with Gasteiger partial charge in [0, 0.05) is 5.41 Å². The molecule has 0 aliphatic rings. The molecule has 0 saturated heterocycles. The zero-order valence-corrected chi connectivity index (χ0v) is 24.8. The molecule has 0 fully saturated rings. The van der Waals surface area contributed by atoms with Crippen LogP contribution < -0.4 is 4.57 Å². The average molecular weight is 516 g/mol. The quantitative estimate of drug-likeness (QED) is 0.105. The van der Waals surface area contributed by atoms with Crippen LogP contribution in [0.1, 0.15) is 128 Å². The smallest absolute Gasteiger partial charge is 0.237 e. The molecule has 2 heteroatoms. The Morgan fingerprint density at radius 3 is 1.87 bits per heavy atom. The molecule has 208 valence electrons. The largest absolute Gasteiger partial charge is 0.244 e. The van der Waals surface area contributed by atoms with Crippen LogP contribution in [0.5, 0.6) is 0 Å². The standard InChI is InChI=1S/C36H55N2/c1-4-6-8-10-11-12-13-14-21-27-35(38-30-29-37(32-38)28-22-9-7-5-2)36(3,34-25-19-16-20-26-34)31-33-23-17-15-18-24-33/h15-20,23-26,29-30,32,35H,4-14,21-22,27-28,31H2,1-3H3/q+1. The van der Waals surface area contributed by atoms with Crippen molar-refractivity contribution in [1.29, 1.82) is 0 Å². The number of nitrogens with zero attached hydrogens (tertiary/aromatic N) is 2. The summed E-state index contributed by atoms with van der Waals surface area (Å²) in [4.78, 5) is 0. The van der Waals surface area contributed by atoms with E-state index in [4.69, 9.17) is 0 Å². The van der Waals surface area contributed by atoms with E-state index in [1.165, 1.54) is 101 Å². The molecule has 0 saturated carbocycles. The molecule has 0 N–H and O–H groups in total. The lowest BCUT2D eigenvalue weighted by Gasteiger charge is -2.37. The van der Waals surface area contributed by atoms with E-state index in [9.17, 15) is 0 Å². The van der Waals surface area contributed by atoms with Crippen LogP contribution in [0, 0.1) is 0 Å². The SMILES string of the molecule is CCCCCCCCCCCC(n1cc[n+](CCCCCC)c1)C(C)(Cc1ccccc1)c1ccccc1. The van der Waals surface area contributed by atoms with E-state index in [1.54, 1.807) is 0 Å². The van der Waals surface area contributed by atoms with Gasteiger partial charge in [0.25, 0.3) is 0 Å². The molecule has 0 amide bonds. The molecule has 0 aliphatic heterocycles. The summed E-state index contributed by atoms with van der Waals surface area (Å²) >= 11 is 0. The molecule has 2 unspecified atom stereocenters. The van der Waals surface area contributed by atoms with Crippen molar-refractivity contribution in [3.05, 3.63) is 90.5 Å². The second-order valence-corrected chi connectivity index (χ2v) is 11.7. The third-order valence-corrected chi connectivity index (χ3v) is 8.51. The van der Waals surface area contributed by atoms with Crippen molar-refractivity contribution < 1.29 is 4.57 Å². The summed E-state index contributed by atoms with van der Waals surface area (Å²) in [5.41, 5.74) is 2.89. The molecule has 2 aromatic carbocycles. The summed E-state index contributed by atoms with van der Waals surface area (Å²) in [6.07, 6.45) is 27.0. The molecule has 38 heavy (non-hydrogen) atoms. The van der Waals surface area contributed by atoms with Gasteiger partial charge in [0.05, 0.1) is 6.54 Å². The second kappa shape index (κ2) is 17.3. The maximum Gasteiger partial charge on any atom is 0.244 e. The van der Waals surface area contributed by atoms with Crippen LogP contribution in [-0.4, -0.2) is 4.57 Å². The van der Waals surface area contributed by atoms with Gasteiger partial charge in [-0.05, 0) is 43.2 Å². The Balaban J connectivity index is 1.76. The average Bonchev–Trinajstić information content (AvgIpc) is 3.41. The van der Waals surface area contributed by atoms with E-state index < -0.39 is 0 Å². The summed E-state index contributed by atoms with van der Waals surface area (Å²) in [7, 11) is 0. The fourth-order valence-electron chi connectivity index (χ4n) is 6.14. The van der Waals surface area contributed by atoms with Crippen LogP contribution >= 0.6 is 0 Å². The number of hydrogen-bond donors (Lipinski definition) is 0. The highest BCUT2D eigenvalue weighted by Gasteiger charge is 2.40. The highest BCUT2D eigenvalue weighted by molar-refractivity contribution is 5.30. The van der Waals surface area contributed by atoms with Gasteiger partial charge in [0.2, 0.25) is 6.33 Å². The minimum atomic E-state index is 0.0157. The van der Waals surface area contributed by atoms with E-state index in [0.717, 1.165) is 13.0 Å². The van der Waals surface area contributed by atoms with Gasteiger partial charge in [-0.2, -0.15) is 0 Å². The van der Waals surface area contributed by atoms with Gasteiger partial charge in [-0.25, -0.2) is 9.13 Å². The summed E-state index contributed by atoms with van der Waals surface area (Å²) < 4.78 is 4.98. The lowest BCUT2D eigenvalue weighted by atomic mass is 9.70. The van der Waals surface area contributed by atoms with Crippen molar-refractivity contribution in [2.75, 3.05) is 0 Å². The number of hydrogen-bond acceptors (Lipinski definition) is 0. The molecular formula is C36H55N2+. The molecule has 0 bridgehead atoms. The van der Waals surface area contributed by atoms with E-state index in [1.807, 2.05) is 0 Å². The first-order valence-corrected chi connectivity index (χ1v) is 15.8. The monoisotopic (exact) mass is 515 g/mol. The number of aromatic nitrogens is 2. The Morgan fingerprint density at radius 1 is 0.684 bits per heavy atom. The van der Waals surface area contributed by atoms with Crippen molar-refractivity contribution in [2.45, 2.75) is 135 Å². The summed E-state index contributed by atoms with van der Waals surface area (Å²) in [6, 6.07) is 22.9. The lowest BCUT2D eigenvalue weighted by molar-refractivity contribution is -0.697. The van der Waals surface area contributed by atoms with Crippen molar-refractivity contribution in [2.24, 2.45) is 0 Å². The number of benzene rings is 2. The summed E-state index contributed by atoms with van der Waals surface area (Å²) in [5, 5.41) is 0. The van der Waals surface area contributed by atoms with Gasteiger partial charge < -0.3 is 0 Å². The molecule has 3 aromatic rings. The number of aryl methyl sites for hydroxylation is 1. The third kappa shape index (κ3) is 9.75. The Bertz CT molecular complexity index is 977. The maximum absolute atomic E-state index is 2.56. The fraction of sp³-hybridized carbons (Fsp3) is 0.583. The van der Waals surface area contributed by atoms with Gasteiger partial charge in [0.15, 0.2) is 0 Å². The van der Waals surface area contributed by atoms with Crippen LogP contribution in [-0.2, 0) is 18.4 Å². The molecule has 3 rings (SSSR count). The van der Waals surface area contributed by atoms with Gasteiger partial charge >= 0.3 is 0 Å². The molecule has 0 radical (unpaired) electrons. The Labute approximate surface area is 234 Å². The summed E-state index contributed by atoms with van der Waals surface area (Å²) in [5.74, 6) is 0. The fourth-order valence-corrected chi connectivity index (χ4v) is 6.14. The molecule has 2 nitrogen and oxygen atoms in total. The van der Waals surface area contributed by atoms with Crippen LogP contribution in [0.25, 0.3) is 0 Å². The van der Waals surface area contributed by atoms with E-state index >= 15 is 0 Å². The first-order chi connectivity index (χ1) is 18.7. The predicted octanol–water partition coefficient (Wildman–Crippen LogP) is 10.0. The Hall–Kier alpha value is -2.35. The van der Waals surface area contributed by atoms with Crippen molar-refractivity contribution >= 4 is 0 Å². The zero-order chi connectivity index (χ0) is 26.9. The predicted molar refractivity (Wildman–Crippen MR) is 164 cm³/mol. The highest BCUT2D eigenvalue weighted by Crippen LogP contribution is 2.41. The van der Waals surface area contributed by atoms with Crippen LogP contribution in [0.2, 0.25) is 0 Å². The summed E-state index contributed by atoms with van der Waals surface area (Å²) in [6.45, 7) is 8.23. The zero-order valence-electron chi connectivity index (χ0n) is 24.8. The lowest BCUT2D eigenvalue weighted by Crippen LogP contribution is -2.38. The normalized spacial score (nSPS) is 13.9. The topological polar surface area (TPSA) is 8.81 Å². The number of imidazole rings is 1. The van der Waals surface area contributed by atoms with E-state index in [2.05, 4.69) is 109 Å². The third-order valence-electron chi connectivity index (χ3n) is 8.51. The second-order valence-electron chi connectivity index (χ2n) is 11.7. The molecular weight excluding hydrogens is 460 g/mol. The molecule has 0 aliphatic carbocycles. The Kier molecular flexibility index (Phi) is 13.7. The highest BCUT2D eigenvalue weighted by atomic mass is 15.1. The number of rotatable bonds is 20. The minimum Gasteiger partial charge on any atom is -0.237 e. The number of unbranched alkanes of at least 4 members (excludes halogenated alkanes) is 11. The van der Waals surface area contributed by atoms with Crippen molar-refractivity contribution in [3.8, 4) is 0 Å². The Morgan fingerprint density at radius 2 is 1.24 bits per heavy atom. The maximum atomic E-state index is 2.56. The van der Waals surface area contributed by atoms with E-state index in [0.29, 0.717) is 6.04 Å². The molecule has 1 aromatic heterocycles. The van der Waals surface area contributed by atoms with Crippen molar-refractivity contribution in [1.82, 2.24) is 4.57 Å². The van der Waals surface area contributed by atoms with Crippen LogP contribution in [0.4, 0.5) is 0 Å². The van der Waals surface area contributed by atoms with Crippen LogP contribution in [0.15, 0.2) is 79.4 Å². The van der Waals surface area contributed by atoms with Crippen molar-refractivity contribution in [3.63, 3.8) is 0 Å². The van der Waals surface area contributed by atoms with Gasteiger partial charge in [0.1, 0.15) is 18.4 Å². The minimum absolute atomic E-state index is 0.0157. The molecule has 2 atom stereocenters. The van der Waals surface area contributed by atoms with Gasteiger partial charge in [-0.1, -0.05) is 146 Å². The molecule has 0 spiro atoms. The first kappa shape index (κ1) is 30.2.